The minimum Gasteiger partial charge on any atom is -0.376 e. The molecule has 100 valence electrons. The second kappa shape index (κ2) is 8.48. The summed E-state index contributed by atoms with van der Waals surface area (Å²) in [6, 6.07) is 0. The van der Waals surface area contributed by atoms with Gasteiger partial charge < -0.3 is 15.8 Å². The van der Waals surface area contributed by atoms with E-state index in [4.69, 9.17) is 10.5 Å². The molecule has 1 amide bonds. The molecule has 0 aromatic carbocycles. The van der Waals surface area contributed by atoms with Gasteiger partial charge in [0.1, 0.15) is 0 Å². The number of carbonyl (C=O) groups excluding carboxylic acids is 1. The zero-order valence-electron chi connectivity index (χ0n) is 10.9. The van der Waals surface area contributed by atoms with E-state index in [2.05, 4.69) is 5.32 Å². The van der Waals surface area contributed by atoms with Gasteiger partial charge in [-0.15, -0.1) is 0 Å². The Kier molecular flexibility index (Phi) is 7.21. The second-order valence-electron chi connectivity index (χ2n) is 4.91. The number of nitrogens with one attached hydrogen (secondary N) is 1. The minimum absolute atomic E-state index is 0.0250. The highest BCUT2D eigenvalue weighted by molar-refractivity contribution is 5.78. The van der Waals surface area contributed by atoms with Crippen LogP contribution in [0.15, 0.2) is 0 Å². The highest BCUT2D eigenvalue weighted by Crippen LogP contribution is 2.19. The molecule has 0 aromatic heterocycles. The Morgan fingerprint density at radius 3 is 2.59 bits per heavy atom. The third-order valence-electron chi connectivity index (χ3n) is 3.36. The zero-order chi connectivity index (χ0) is 12.5. The molecule has 1 aliphatic carbocycles. The third kappa shape index (κ3) is 6.03. The Balaban J connectivity index is 2.04. The summed E-state index contributed by atoms with van der Waals surface area (Å²) >= 11 is 0. The van der Waals surface area contributed by atoms with Gasteiger partial charge in [-0.2, -0.15) is 0 Å². The van der Waals surface area contributed by atoms with E-state index in [9.17, 15) is 4.79 Å². The van der Waals surface area contributed by atoms with Crippen LogP contribution in [0.25, 0.3) is 0 Å². The van der Waals surface area contributed by atoms with Crippen molar-refractivity contribution in [2.75, 3.05) is 19.7 Å². The van der Waals surface area contributed by atoms with Gasteiger partial charge in [0.2, 0.25) is 5.91 Å². The molecule has 0 heterocycles. The summed E-state index contributed by atoms with van der Waals surface area (Å²) < 4.78 is 5.78. The number of rotatable bonds is 6. The number of amides is 1. The number of hydrogen-bond acceptors (Lipinski definition) is 3. The molecule has 1 rings (SSSR count). The Morgan fingerprint density at radius 2 is 2.00 bits per heavy atom. The predicted molar refractivity (Wildman–Crippen MR) is 68.7 cm³/mol. The van der Waals surface area contributed by atoms with Crippen LogP contribution in [0.5, 0.6) is 0 Å². The normalized spacial score (nSPS) is 19.6. The molecule has 1 unspecified atom stereocenters. The number of hydrogen-bond donors (Lipinski definition) is 2. The lowest BCUT2D eigenvalue weighted by molar-refractivity contribution is -0.124. The van der Waals surface area contributed by atoms with Crippen LogP contribution in [0.1, 0.15) is 45.4 Å². The summed E-state index contributed by atoms with van der Waals surface area (Å²) in [5, 5.41) is 2.84. The lowest BCUT2D eigenvalue weighted by atomic mass is 10.1. The van der Waals surface area contributed by atoms with Crippen molar-refractivity contribution in [3.63, 3.8) is 0 Å². The van der Waals surface area contributed by atoms with Crippen LogP contribution in [0.2, 0.25) is 0 Å². The van der Waals surface area contributed by atoms with Crippen molar-refractivity contribution in [1.82, 2.24) is 5.32 Å². The molecule has 0 spiro atoms. The van der Waals surface area contributed by atoms with Gasteiger partial charge in [-0.1, -0.05) is 32.6 Å². The monoisotopic (exact) mass is 242 g/mol. The molecular formula is C13H26N2O2. The zero-order valence-corrected chi connectivity index (χ0v) is 10.9. The molecule has 1 atom stereocenters. The van der Waals surface area contributed by atoms with Crippen molar-refractivity contribution in [2.24, 2.45) is 11.7 Å². The lowest BCUT2D eigenvalue weighted by Gasteiger charge is -2.16. The summed E-state index contributed by atoms with van der Waals surface area (Å²) in [6.45, 7) is 3.45. The van der Waals surface area contributed by atoms with Crippen LogP contribution >= 0.6 is 0 Å². The average molecular weight is 242 g/mol. The maximum Gasteiger partial charge on any atom is 0.224 e. The summed E-state index contributed by atoms with van der Waals surface area (Å²) in [7, 11) is 0. The van der Waals surface area contributed by atoms with E-state index in [0.29, 0.717) is 25.8 Å². The molecule has 0 bridgehead atoms. The van der Waals surface area contributed by atoms with Gasteiger partial charge in [0.05, 0.1) is 12.7 Å². The molecule has 1 saturated carbocycles. The van der Waals surface area contributed by atoms with Crippen LogP contribution in [0, 0.1) is 5.92 Å². The Labute approximate surface area is 104 Å². The summed E-state index contributed by atoms with van der Waals surface area (Å²) in [5.74, 6) is -0.0788. The van der Waals surface area contributed by atoms with Crippen LogP contribution in [0.3, 0.4) is 0 Å². The summed E-state index contributed by atoms with van der Waals surface area (Å²) in [4.78, 5) is 11.4. The fraction of sp³-hybridized carbons (Fsp3) is 0.923. The minimum atomic E-state index is -0.104. The van der Waals surface area contributed by atoms with Crippen molar-refractivity contribution < 1.29 is 9.53 Å². The standard InChI is InChI=1S/C13H26N2O2/c1-11(10-14)13(16)15-8-9-17-12-6-4-2-3-5-7-12/h11-12H,2-10,14H2,1H3,(H,15,16). The molecule has 0 radical (unpaired) electrons. The molecule has 0 aliphatic heterocycles. The second-order valence-corrected chi connectivity index (χ2v) is 4.91. The maximum atomic E-state index is 11.4. The molecule has 0 aromatic rings. The van der Waals surface area contributed by atoms with E-state index in [1.54, 1.807) is 0 Å². The van der Waals surface area contributed by atoms with Crippen molar-refractivity contribution in [3.8, 4) is 0 Å². The largest absolute Gasteiger partial charge is 0.376 e. The lowest BCUT2D eigenvalue weighted by Crippen LogP contribution is -2.35. The Bertz CT molecular complexity index is 213. The Hall–Kier alpha value is -0.610. The van der Waals surface area contributed by atoms with Gasteiger partial charge in [-0.05, 0) is 12.8 Å². The fourth-order valence-electron chi connectivity index (χ4n) is 2.09. The molecule has 1 fully saturated rings. The highest BCUT2D eigenvalue weighted by atomic mass is 16.5. The van der Waals surface area contributed by atoms with Gasteiger partial charge in [0, 0.05) is 19.0 Å². The molecule has 4 nitrogen and oxygen atoms in total. The first kappa shape index (κ1) is 14.5. The molecular weight excluding hydrogens is 216 g/mol. The van der Waals surface area contributed by atoms with E-state index < -0.39 is 0 Å². The van der Waals surface area contributed by atoms with Crippen LogP contribution in [-0.2, 0) is 9.53 Å². The van der Waals surface area contributed by atoms with E-state index in [0.717, 1.165) is 0 Å². The van der Waals surface area contributed by atoms with Crippen LogP contribution < -0.4 is 11.1 Å². The number of nitrogens with two attached hydrogens (primary N) is 1. The van der Waals surface area contributed by atoms with Gasteiger partial charge in [-0.3, -0.25) is 4.79 Å². The van der Waals surface area contributed by atoms with Gasteiger partial charge >= 0.3 is 0 Å². The van der Waals surface area contributed by atoms with E-state index in [1.165, 1.54) is 38.5 Å². The van der Waals surface area contributed by atoms with Gasteiger partial charge in [0.25, 0.3) is 0 Å². The molecule has 1 aliphatic rings. The first-order valence-electron chi connectivity index (χ1n) is 6.83. The Morgan fingerprint density at radius 1 is 1.35 bits per heavy atom. The predicted octanol–water partition coefficient (Wildman–Crippen LogP) is 1.44. The van der Waals surface area contributed by atoms with E-state index >= 15 is 0 Å². The molecule has 3 N–H and O–H groups in total. The highest BCUT2D eigenvalue weighted by Gasteiger charge is 2.13. The first-order valence-corrected chi connectivity index (χ1v) is 6.83. The van der Waals surface area contributed by atoms with Crippen molar-refractivity contribution >= 4 is 5.91 Å². The molecule has 17 heavy (non-hydrogen) atoms. The summed E-state index contributed by atoms with van der Waals surface area (Å²) in [5.41, 5.74) is 5.42. The van der Waals surface area contributed by atoms with Crippen molar-refractivity contribution in [1.29, 1.82) is 0 Å². The van der Waals surface area contributed by atoms with Crippen molar-refractivity contribution in [2.45, 2.75) is 51.6 Å². The van der Waals surface area contributed by atoms with E-state index in [1.807, 2.05) is 6.92 Å². The van der Waals surface area contributed by atoms with Gasteiger partial charge in [-0.25, -0.2) is 0 Å². The summed E-state index contributed by atoms with van der Waals surface area (Å²) in [6.07, 6.45) is 7.99. The fourth-order valence-corrected chi connectivity index (χ4v) is 2.09. The third-order valence-corrected chi connectivity index (χ3v) is 3.36. The van der Waals surface area contributed by atoms with Crippen LogP contribution in [0.4, 0.5) is 0 Å². The topological polar surface area (TPSA) is 64.4 Å². The molecule has 4 heteroatoms. The smallest absolute Gasteiger partial charge is 0.224 e. The SMILES string of the molecule is CC(CN)C(=O)NCCOC1CCCCCC1. The van der Waals surface area contributed by atoms with Crippen LogP contribution in [-0.4, -0.2) is 31.7 Å². The van der Waals surface area contributed by atoms with Crippen molar-refractivity contribution in [3.05, 3.63) is 0 Å². The van der Waals surface area contributed by atoms with Gasteiger partial charge in [0.15, 0.2) is 0 Å². The average Bonchev–Trinajstić information content (AvgIpc) is 2.61. The molecule has 0 saturated heterocycles. The number of carbonyl (C=O) groups is 1. The first-order chi connectivity index (χ1) is 8.24. The number of ether oxygens (including phenoxy) is 1. The van der Waals surface area contributed by atoms with E-state index in [-0.39, 0.29) is 11.8 Å². The maximum absolute atomic E-state index is 11.4. The quantitative estimate of drug-likeness (QED) is 0.547.